The summed E-state index contributed by atoms with van der Waals surface area (Å²) in [6.45, 7) is 3.03. The molecule has 5 N–H and O–H groups in total. The molecule has 1 aliphatic heterocycles. The Kier molecular flexibility index (Phi) is 3.54. The Labute approximate surface area is 128 Å². The minimum Gasteiger partial charge on any atom is -0.383 e. The van der Waals surface area contributed by atoms with E-state index in [4.69, 9.17) is 11.5 Å². The third kappa shape index (κ3) is 2.78. The van der Waals surface area contributed by atoms with Crippen LogP contribution in [-0.4, -0.2) is 22.4 Å². The van der Waals surface area contributed by atoms with Gasteiger partial charge in [-0.15, -0.1) is 0 Å². The number of fused-ring (bicyclic) bond motifs is 1. The Balaban J connectivity index is 1.81. The van der Waals surface area contributed by atoms with Crippen LogP contribution in [0.1, 0.15) is 18.1 Å². The van der Waals surface area contributed by atoms with E-state index < -0.39 is 0 Å². The van der Waals surface area contributed by atoms with Gasteiger partial charge in [-0.1, -0.05) is 0 Å². The van der Waals surface area contributed by atoms with Crippen LogP contribution in [0.3, 0.4) is 0 Å². The number of carbonyl (C=O) groups excluding carboxylic acids is 1. The fraction of sp³-hybridized carbons (Fsp3) is 0.267. The first-order valence-corrected chi connectivity index (χ1v) is 7.05. The highest BCUT2D eigenvalue weighted by Crippen LogP contribution is 2.32. The number of nitrogens with two attached hydrogens (primary N) is 2. The third-order valence-corrected chi connectivity index (χ3v) is 3.67. The van der Waals surface area contributed by atoms with Crippen LogP contribution in [0.5, 0.6) is 0 Å². The van der Waals surface area contributed by atoms with Crippen LogP contribution in [0, 0.1) is 0 Å². The van der Waals surface area contributed by atoms with E-state index in [-0.39, 0.29) is 11.9 Å². The molecule has 22 heavy (non-hydrogen) atoms. The lowest BCUT2D eigenvalue weighted by molar-refractivity contribution is -0.114. The van der Waals surface area contributed by atoms with Crippen molar-refractivity contribution in [3.8, 4) is 0 Å². The summed E-state index contributed by atoms with van der Waals surface area (Å²) in [6, 6.07) is 5.93. The van der Waals surface area contributed by atoms with Crippen molar-refractivity contribution in [2.24, 2.45) is 0 Å². The Morgan fingerprint density at radius 2 is 2.23 bits per heavy atom. The summed E-state index contributed by atoms with van der Waals surface area (Å²) in [5, 5.41) is 2.80. The topological polar surface area (TPSA) is 110 Å². The zero-order valence-electron chi connectivity index (χ0n) is 12.3. The summed E-state index contributed by atoms with van der Waals surface area (Å²) in [6.07, 6.45) is 2.60. The van der Waals surface area contributed by atoms with Crippen molar-refractivity contribution in [2.75, 3.05) is 28.2 Å². The van der Waals surface area contributed by atoms with Crippen LogP contribution in [-0.2, 0) is 17.8 Å². The summed E-state index contributed by atoms with van der Waals surface area (Å²) >= 11 is 0. The molecule has 2 heterocycles. The minimum atomic E-state index is -0.0680. The van der Waals surface area contributed by atoms with Gasteiger partial charge in [-0.3, -0.25) is 4.79 Å². The predicted octanol–water partition coefficient (Wildman–Crippen LogP) is 1.16. The molecular formula is C15H18N6O. The molecule has 114 valence electrons. The Hall–Kier alpha value is -2.83. The number of aromatic nitrogens is 2. The van der Waals surface area contributed by atoms with E-state index >= 15 is 0 Å². The summed E-state index contributed by atoms with van der Waals surface area (Å²) in [4.78, 5) is 21.3. The molecule has 0 spiro atoms. The van der Waals surface area contributed by atoms with Crippen LogP contribution in [0.25, 0.3) is 0 Å². The molecule has 0 atom stereocenters. The first-order chi connectivity index (χ1) is 10.5. The Morgan fingerprint density at radius 1 is 1.41 bits per heavy atom. The number of amides is 1. The first-order valence-electron chi connectivity index (χ1n) is 7.05. The number of nitrogens with zero attached hydrogens (tertiary/aromatic N) is 3. The minimum absolute atomic E-state index is 0.0680. The van der Waals surface area contributed by atoms with Crippen molar-refractivity contribution in [2.45, 2.75) is 19.9 Å². The molecule has 0 fully saturated rings. The quantitative estimate of drug-likeness (QED) is 0.784. The van der Waals surface area contributed by atoms with Crippen molar-refractivity contribution in [1.82, 2.24) is 9.97 Å². The lowest BCUT2D eigenvalue weighted by Gasteiger charge is -2.20. The van der Waals surface area contributed by atoms with Crippen molar-refractivity contribution in [3.63, 3.8) is 0 Å². The Morgan fingerprint density at radius 3 is 2.95 bits per heavy atom. The fourth-order valence-corrected chi connectivity index (χ4v) is 2.68. The van der Waals surface area contributed by atoms with E-state index in [1.54, 1.807) is 6.20 Å². The molecule has 1 amide bonds. The van der Waals surface area contributed by atoms with Crippen molar-refractivity contribution in [1.29, 1.82) is 0 Å². The van der Waals surface area contributed by atoms with E-state index in [9.17, 15) is 4.79 Å². The van der Waals surface area contributed by atoms with Gasteiger partial charge in [0.05, 0.1) is 0 Å². The fourth-order valence-electron chi connectivity index (χ4n) is 2.68. The second-order valence-electron chi connectivity index (χ2n) is 5.33. The molecule has 0 unspecified atom stereocenters. The third-order valence-electron chi connectivity index (χ3n) is 3.67. The molecule has 1 aromatic heterocycles. The highest BCUT2D eigenvalue weighted by molar-refractivity contribution is 5.89. The van der Waals surface area contributed by atoms with Gasteiger partial charge in [0.1, 0.15) is 5.82 Å². The van der Waals surface area contributed by atoms with E-state index in [0.29, 0.717) is 12.4 Å². The molecule has 1 aliphatic rings. The number of anilines is 4. The largest absolute Gasteiger partial charge is 0.383 e. The molecule has 1 aromatic carbocycles. The van der Waals surface area contributed by atoms with E-state index in [1.807, 2.05) is 18.2 Å². The number of rotatable bonds is 3. The number of nitrogens with one attached hydrogen (secondary N) is 1. The zero-order valence-corrected chi connectivity index (χ0v) is 12.3. The maximum atomic E-state index is 11.1. The van der Waals surface area contributed by atoms with Gasteiger partial charge in [0, 0.05) is 43.1 Å². The van der Waals surface area contributed by atoms with Crippen LogP contribution < -0.4 is 21.7 Å². The lowest BCUT2D eigenvalue weighted by Crippen LogP contribution is -2.21. The molecule has 0 saturated heterocycles. The molecule has 3 rings (SSSR count). The van der Waals surface area contributed by atoms with Gasteiger partial charge in [0.15, 0.2) is 0 Å². The maximum Gasteiger partial charge on any atom is 0.221 e. The molecular weight excluding hydrogens is 280 g/mol. The van der Waals surface area contributed by atoms with Crippen LogP contribution in [0.2, 0.25) is 0 Å². The number of hydrogen-bond donors (Lipinski definition) is 3. The zero-order chi connectivity index (χ0) is 15.7. The average molecular weight is 298 g/mol. The number of carbonyl (C=O) groups is 1. The molecule has 7 nitrogen and oxygen atoms in total. The molecule has 2 aromatic rings. The summed E-state index contributed by atoms with van der Waals surface area (Å²) in [5.74, 6) is 0.528. The van der Waals surface area contributed by atoms with Gasteiger partial charge in [0.25, 0.3) is 0 Å². The van der Waals surface area contributed by atoms with Gasteiger partial charge < -0.3 is 21.7 Å². The predicted molar refractivity (Wildman–Crippen MR) is 86.4 cm³/mol. The standard InChI is InChI=1S/C15H18N6O/c1-9(22)19-12-2-3-13-10(6-12)4-5-21(13)8-11-7-18-15(17)20-14(11)16/h2-3,6-7H,4-5,8H2,1H3,(H,19,22)(H4,16,17,18,20). The summed E-state index contributed by atoms with van der Waals surface area (Å²) < 4.78 is 0. The van der Waals surface area contributed by atoms with Crippen molar-refractivity contribution in [3.05, 3.63) is 35.5 Å². The lowest BCUT2D eigenvalue weighted by atomic mass is 10.1. The van der Waals surface area contributed by atoms with Gasteiger partial charge in [-0.25, -0.2) is 4.98 Å². The molecule has 0 radical (unpaired) electrons. The SMILES string of the molecule is CC(=O)Nc1ccc2c(c1)CCN2Cc1cnc(N)nc1N. The van der Waals surface area contributed by atoms with E-state index in [0.717, 1.165) is 29.9 Å². The van der Waals surface area contributed by atoms with E-state index in [2.05, 4.69) is 20.2 Å². The number of benzene rings is 1. The Bertz CT molecular complexity index is 730. The monoisotopic (exact) mass is 298 g/mol. The van der Waals surface area contributed by atoms with E-state index in [1.165, 1.54) is 12.5 Å². The molecule has 0 aliphatic carbocycles. The smallest absolute Gasteiger partial charge is 0.221 e. The molecule has 7 heteroatoms. The summed E-state index contributed by atoms with van der Waals surface area (Å²) in [7, 11) is 0. The van der Waals surface area contributed by atoms with Crippen molar-refractivity contribution < 1.29 is 4.79 Å². The number of hydrogen-bond acceptors (Lipinski definition) is 6. The molecule has 0 saturated carbocycles. The van der Waals surface area contributed by atoms with Crippen LogP contribution in [0.4, 0.5) is 23.1 Å². The van der Waals surface area contributed by atoms with Gasteiger partial charge in [0.2, 0.25) is 11.9 Å². The highest BCUT2D eigenvalue weighted by atomic mass is 16.1. The highest BCUT2D eigenvalue weighted by Gasteiger charge is 2.20. The first kappa shape index (κ1) is 14.1. The second-order valence-corrected chi connectivity index (χ2v) is 5.33. The van der Waals surface area contributed by atoms with Crippen molar-refractivity contribution >= 4 is 29.0 Å². The average Bonchev–Trinajstić information content (AvgIpc) is 2.84. The van der Waals surface area contributed by atoms with Gasteiger partial charge in [-0.2, -0.15) is 4.98 Å². The van der Waals surface area contributed by atoms with Crippen LogP contribution >= 0.6 is 0 Å². The normalized spacial score (nSPS) is 13.0. The number of nitrogen functional groups attached to an aromatic ring is 2. The maximum absolute atomic E-state index is 11.1. The second kappa shape index (κ2) is 5.51. The summed E-state index contributed by atoms with van der Waals surface area (Å²) in [5.41, 5.74) is 15.4. The van der Waals surface area contributed by atoms with Gasteiger partial charge in [-0.05, 0) is 30.2 Å². The molecule has 0 bridgehead atoms. The van der Waals surface area contributed by atoms with Crippen LogP contribution in [0.15, 0.2) is 24.4 Å². The van der Waals surface area contributed by atoms with Gasteiger partial charge >= 0.3 is 0 Å².